The molecule has 0 atom stereocenters. The number of hydrogen-bond donors (Lipinski definition) is 0. The van der Waals surface area contributed by atoms with Crippen molar-refractivity contribution in [2.45, 2.75) is 213 Å². The van der Waals surface area contributed by atoms with Gasteiger partial charge < -0.3 is 0 Å². The molecule has 0 amide bonds. The molecule has 0 heteroatoms. The summed E-state index contributed by atoms with van der Waals surface area (Å²) in [6.45, 7) is 14.1. The maximum absolute atomic E-state index is 2.63. The van der Waals surface area contributed by atoms with Crippen molar-refractivity contribution in [3.8, 4) is 33.4 Å². The normalized spacial score (nSPS) is 15.0. The molecule has 0 heterocycles. The minimum absolute atomic E-state index is 0.112. The number of unbranched alkanes of at least 4 members (excludes halogenated alkanes) is 16. The second kappa shape index (κ2) is 19.3. The number of hydrogen-bond acceptors (Lipinski definition) is 0. The van der Waals surface area contributed by atoms with Gasteiger partial charge in [-0.05, 0) is 113 Å². The Bertz CT molecular complexity index is 1780. The van der Waals surface area contributed by atoms with Gasteiger partial charge in [-0.15, -0.1) is 0 Å². The Morgan fingerprint density at radius 3 is 0.982 bits per heavy atom. The Kier molecular flexibility index (Phi) is 14.2. The highest BCUT2D eigenvalue weighted by atomic mass is 14.5. The van der Waals surface area contributed by atoms with Crippen LogP contribution in [0.5, 0.6) is 0 Å². The average Bonchev–Trinajstić information content (AvgIpc) is 3.82. The van der Waals surface area contributed by atoms with E-state index in [9.17, 15) is 0 Å². The average molecular weight is 763 g/mol. The van der Waals surface area contributed by atoms with Gasteiger partial charge >= 0.3 is 0 Å². The van der Waals surface area contributed by atoms with E-state index in [0.29, 0.717) is 0 Å². The van der Waals surface area contributed by atoms with Crippen LogP contribution in [0, 0.1) is 13.8 Å². The molecule has 0 nitrogen and oxygen atoms in total. The molecule has 3 aliphatic rings. The molecule has 0 fully saturated rings. The molecule has 0 saturated heterocycles. The van der Waals surface area contributed by atoms with Crippen LogP contribution in [0.2, 0.25) is 0 Å². The molecule has 0 radical (unpaired) electrons. The van der Waals surface area contributed by atoms with Gasteiger partial charge in [0.2, 0.25) is 0 Å². The number of benzene rings is 4. The van der Waals surface area contributed by atoms with Crippen LogP contribution >= 0.6 is 0 Å². The van der Waals surface area contributed by atoms with Crippen molar-refractivity contribution in [3.63, 3.8) is 0 Å². The third kappa shape index (κ3) is 8.24. The molecule has 3 aliphatic carbocycles. The smallest absolute Gasteiger partial charge is 0.0218 e. The lowest BCUT2D eigenvalue weighted by Gasteiger charge is -2.35. The van der Waals surface area contributed by atoms with Crippen LogP contribution < -0.4 is 0 Å². The summed E-state index contributed by atoms with van der Waals surface area (Å²) in [7, 11) is 0. The summed E-state index contributed by atoms with van der Waals surface area (Å²) in [5.74, 6) is 0. The van der Waals surface area contributed by atoms with Crippen molar-refractivity contribution in [2.75, 3.05) is 0 Å². The monoisotopic (exact) mass is 763 g/mol. The van der Waals surface area contributed by atoms with Crippen molar-refractivity contribution < 1.29 is 0 Å². The zero-order valence-corrected chi connectivity index (χ0v) is 37.5. The minimum atomic E-state index is 0.112. The maximum Gasteiger partial charge on any atom is 0.0218 e. The molecule has 0 saturated carbocycles. The fraction of sp³-hybridized carbons (Fsp3) is 0.579. The molecule has 0 aromatic heterocycles. The van der Waals surface area contributed by atoms with Gasteiger partial charge in [0.1, 0.15) is 0 Å². The van der Waals surface area contributed by atoms with Gasteiger partial charge in [0, 0.05) is 10.8 Å². The summed E-state index contributed by atoms with van der Waals surface area (Å²) in [6.07, 6.45) is 33.3. The lowest BCUT2D eigenvalue weighted by molar-refractivity contribution is 0.395. The second-order valence-electron chi connectivity index (χ2n) is 19.1. The molecular formula is C57H78. The van der Waals surface area contributed by atoms with E-state index in [4.69, 9.17) is 0 Å². The fourth-order valence-corrected chi connectivity index (χ4v) is 12.1. The quantitative estimate of drug-likeness (QED) is 0.0549. The summed E-state index contributed by atoms with van der Waals surface area (Å²) in [6, 6.07) is 25.3. The fourth-order valence-electron chi connectivity index (χ4n) is 12.1. The zero-order valence-electron chi connectivity index (χ0n) is 37.5. The van der Waals surface area contributed by atoms with Crippen LogP contribution in [0.1, 0.15) is 226 Å². The summed E-state index contributed by atoms with van der Waals surface area (Å²) >= 11 is 0. The van der Waals surface area contributed by atoms with Crippen LogP contribution in [-0.2, 0) is 17.3 Å². The van der Waals surface area contributed by atoms with Crippen LogP contribution in [0.3, 0.4) is 0 Å². The maximum atomic E-state index is 2.63. The molecule has 57 heavy (non-hydrogen) atoms. The Morgan fingerprint density at radius 1 is 0.351 bits per heavy atom. The zero-order chi connectivity index (χ0) is 39.8. The van der Waals surface area contributed by atoms with Crippen molar-refractivity contribution in [1.82, 2.24) is 0 Å². The van der Waals surface area contributed by atoms with Gasteiger partial charge in [0.25, 0.3) is 0 Å². The topological polar surface area (TPSA) is 0 Å². The van der Waals surface area contributed by atoms with E-state index < -0.39 is 0 Å². The van der Waals surface area contributed by atoms with Gasteiger partial charge in [0.05, 0.1) is 0 Å². The molecule has 0 bridgehead atoms. The molecule has 0 aliphatic heterocycles. The standard InChI is InChI=1S/C57H78/c1-7-11-15-19-23-35-56(36-24-20-16-12-8-2)52-39-42(5)27-29-46(52)48-33-31-44-45-32-34-49-47-30-28-43(6)40-53(47)57(37-25-21-17-13-9-3,38-26-22-18-14-10-4)55(49)51(45)41-50(44)54(48)56/h27-34,39-40H,7-26,35-38,41H2,1-6H3. The lowest BCUT2D eigenvalue weighted by atomic mass is 9.68. The van der Waals surface area contributed by atoms with Gasteiger partial charge in [-0.25, -0.2) is 0 Å². The van der Waals surface area contributed by atoms with Crippen LogP contribution in [0.15, 0.2) is 60.7 Å². The molecule has 0 unspecified atom stereocenters. The SMILES string of the molecule is CCCCCCCC1(CCCCCCC)c2cc(C)ccc2-c2ccc3c(c21)Cc1c-3ccc2c1C(CCCCCCC)(CCCCCCC)c1cc(C)ccc1-2. The third-order valence-electron chi connectivity index (χ3n) is 15.0. The van der Waals surface area contributed by atoms with Crippen LogP contribution in [-0.4, -0.2) is 0 Å². The van der Waals surface area contributed by atoms with E-state index in [-0.39, 0.29) is 10.8 Å². The first-order valence-electron chi connectivity index (χ1n) is 24.5. The molecule has 306 valence electrons. The Balaban J connectivity index is 1.36. The summed E-state index contributed by atoms with van der Waals surface area (Å²) < 4.78 is 0. The highest BCUT2D eigenvalue weighted by Crippen LogP contribution is 2.62. The van der Waals surface area contributed by atoms with Crippen molar-refractivity contribution in [3.05, 3.63) is 105 Å². The van der Waals surface area contributed by atoms with Crippen molar-refractivity contribution in [1.29, 1.82) is 0 Å². The third-order valence-corrected chi connectivity index (χ3v) is 15.0. The highest BCUT2D eigenvalue weighted by molar-refractivity contribution is 5.93. The molecule has 0 spiro atoms. The van der Waals surface area contributed by atoms with Gasteiger partial charge in [-0.2, -0.15) is 0 Å². The molecule has 4 aromatic rings. The summed E-state index contributed by atoms with van der Waals surface area (Å²) in [4.78, 5) is 0. The number of rotatable bonds is 24. The van der Waals surface area contributed by atoms with Crippen LogP contribution in [0.4, 0.5) is 0 Å². The lowest BCUT2D eigenvalue weighted by Crippen LogP contribution is -2.28. The van der Waals surface area contributed by atoms with Gasteiger partial charge in [-0.3, -0.25) is 0 Å². The number of aryl methyl sites for hydroxylation is 2. The van der Waals surface area contributed by atoms with E-state index in [1.807, 2.05) is 0 Å². The first-order valence-corrected chi connectivity index (χ1v) is 24.5. The van der Waals surface area contributed by atoms with E-state index in [2.05, 4.69) is 102 Å². The molecular weight excluding hydrogens is 685 g/mol. The Morgan fingerprint density at radius 2 is 0.649 bits per heavy atom. The summed E-state index contributed by atoms with van der Waals surface area (Å²) in [5, 5.41) is 0. The first kappa shape index (κ1) is 42.0. The van der Waals surface area contributed by atoms with Crippen LogP contribution in [0.25, 0.3) is 33.4 Å². The van der Waals surface area contributed by atoms with Crippen molar-refractivity contribution in [2.24, 2.45) is 0 Å². The van der Waals surface area contributed by atoms with E-state index >= 15 is 0 Å². The largest absolute Gasteiger partial charge is 0.0654 e. The Hall–Kier alpha value is -3.12. The molecule has 4 aromatic carbocycles. The number of fused-ring (bicyclic) bond motifs is 11. The second-order valence-corrected chi connectivity index (χ2v) is 19.1. The van der Waals surface area contributed by atoms with E-state index in [1.54, 1.807) is 55.6 Å². The predicted molar refractivity (Wildman–Crippen MR) is 250 cm³/mol. The summed E-state index contributed by atoms with van der Waals surface area (Å²) in [5.41, 5.74) is 22.6. The van der Waals surface area contributed by atoms with Gasteiger partial charge in [-0.1, -0.05) is 228 Å². The minimum Gasteiger partial charge on any atom is -0.0654 e. The predicted octanol–water partition coefficient (Wildman–Crippen LogP) is 17.8. The highest BCUT2D eigenvalue weighted by Gasteiger charge is 2.49. The van der Waals surface area contributed by atoms with E-state index in [0.717, 1.165) is 6.42 Å². The molecule has 0 N–H and O–H groups in total. The van der Waals surface area contributed by atoms with E-state index in [1.165, 1.54) is 176 Å². The molecule has 7 rings (SSSR count). The van der Waals surface area contributed by atoms with Crippen molar-refractivity contribution >= 4 is 0 Å². The first-order chi connectivity index (χ1) is 27.9. The van der Waals surface area contributed by atoms with Gasteiger partial charge in [0.15, 0.2) is 0 Å². The Labute approximate surface area is 350 Å².